The van der Waals surface area contributed by atoms with Gasteiger partial charge in [0.05, 0.1) is 17.9 Å². The highest BCUT2D eigenvalue weighted by Gasteiger charge is 2.13. The summed E-state index contributed by atoms with van der Waals surface area (Å²) in [6.07, 6.45) is 6.19. The van der Waals surface area contributed by atoms with Gasteiger partial charge in [-0.3, -0.25) is 5.43 Å². The Labute approximate surface area is 210 Å². The Bertz CT molecular complexity index is 1540. The van der Waals surface area contributed by atoms with Crippen LogP contribution >= 0.6 is 0 Å². The number of allylic oxidation sites excluding steroid dienone is 2. The molecule has 0 unspecified atom stereocenters. The van der Waals surface area contributed by atoms with Gasteiger partial charge in [0.25, 0.3) is 0 Å². The third-order valence-corrected chi connectivity index (χ3v) is 6.27. The Kier molecular flexibility index (Phi) is 6.55. The Balaban J connectivity index is 1.38. The van der Waals surface area contributed by atoms with E-state index >= 15 is 0 Å². The molecule has 1 aromatic heterocycles. The highest BCUT2D eigenvalue weighted by molar-refractivity contribution is 6.00. The van der Waals surface area contributed by atoms with E-state index in [1.165, 1.54) is 16.7 Å². The minimum absolute atomic E-state index is 0.533. The first kappa shape index (κ1) is 23.0. The van der Waals surface area contributed by atoms with Gasteiger partial charge in [-0.05, 0) is 42.2 Å². The van der Waals surface area contributed by atoms with Crippen LogP contribution in [0.15, 0.2) is 101 Å². The minimum Gasteiger partial charge on any atom is -0.349 e. The summed E-state index contributed by atoms with van der Waals surface area (Å²) in [5, 5.41) is 24.9. The van der Waals surface area contributed by atoms with E-state index in [2.05, 4.69) is 77.0 Å². The van der Waals surface area contributed by atoms with Crippen molar-refractivity contribution in [3.8, 4) is 17.3 Å². The van der Waals surface area contributed by atoms with Gasteiger partial charge >= 0.3 is 0 Å². The lowest BCUT2D eigenvalue weighted by Gasteiger charge is -2.21. The summed E-state index contributed by atoms with van der Waals surface area (Å²) in [5.41, 5.74) is 10.2. The molecular formula is C30H26N6. The molecular weight excluding hydrogens is 444 g/mol. The van der Waals surface area contributed by atoms with E-state index in [9.17, 15) is 5.26 Å². The number of aromatic nitrogens is 2. The molecule has 36 heavy (non-hydrogen) atoms. The van der Waals surface area contributed by atoms with Gasteiger partial charge in [0.2, 0.25) is 0 Å². The van der Waals surface area contributed by atoms with Crippen molar-refractivity contribution in [2.24, 2.45) is 5.10 Å². The van der Waals surface area contributed by atoms with Gasteiger partial charge in [-0.15, -0.1) is 10.2 Å². The number of hydrazone groups is 1. The molecule has 0 atom stereocenters. The fourth-order valence-corrected chi connectivity index (χ4v) is 4.26. The highest BCUT2D eigenvalue weighted by atomic mass is 15.3. The molecule has 3 aromatic carbocycles. The summed E-state index contributed by atoms with van der Waals surface area (Å²) in [6, 6.07) is 26.9. The van der Waals surface area contributed by atoms with E-state index in [0.717, 1.165) is 27.6 Å². The molecule has 0 saturated heterocycles. The zero-order valence-corrected chi connectivity index (χ0v) is 20.3. The van der Waals surface area contributed by atoms with Crippen LogP contribution in [-0.2, 0) is 6.54 Å². The van der Waals surface area contributed by atoms with Crippen molar-refractivity contribution in [2.75, 3.05) is 5.43 Å². The first-order valence-electron chi connectivity index (χ1n) is 11.8. The highest BCUT2D eigenvalue weighted by Crippen LogP contribution is 2.30. The van der Waals surface area contributed by atoms with Gasteiger partial charge in [-0.25, -0.2) is 0 Å². The van der Waals surface area contributed by atoms with E-state index in [1.54, 1.807) is 6.21 Å². The lowest BCUT2D eigenvalue weighted by Crippen LogP contribution is -2.15. The van der Waals surface area contributed by atoms with Gasteiger partial charge in [-0.2, -0.15) is 10.4 Å². The zero-order chi connectivity index (χ0) is 24.9. The monoisotopic (exact) mass is 470 g/mol. The van der Waals surface area contributed by atoms with Gasteiger partial charge < -0.3 is 4.90 Å². The van der Waals surface area contributed by atoms with Crippen LogP contribution in [0.25, 0.3) is 22.0 Å². The third kappa shape index (κ3) is 5.01. The van der Waals surface area contributed by atoms with Crippen molar-refractivity contribution < 1.29 is 0 Å². The summed E-state index contributed by atoms with van der Waals surface area (Å²) < 4.78 is 0. The number of aryl methyl sites for hydroxylation is 2. The molecule has 0 spiro atoms. The van der Waals surface area contributed by atoms with Crippen LogP contribution in [0.4, 0.5) is 5.82 Å². The predicted molar refractivity (Wildman–Crippen MR) is 145 cm³/mol. The van der Waals surface area contributed by atoms with Gasteiger partial charge in [-0.1, -0.05) is 66.7 Å². The Hall–Kier alpha value is -4.76. The standard InChI is InChI=1S/C30H26N6/c1-21-12-13-26(14-22(21)2)29-27-10-6-7-11-28(27)30(35-33-29)34-32-17-25-15-24(16-31)19-36(20-25)18-23-8-4-3-5-9-23/h3-14,17,19-20H,15,18H2,1-2H3,(H,34,35)/b32-17+. The Morgan fingerprint density at radius 3 is 2.50 bits per heavy atom. The summed E-state index contributed by atoms with van der Waals surface area (Å²) in [5.74, 6) is 0.586. The second kappa shape index (κ2) is 10.2. The van der Waals surface area contributed by atoms with Crippen molar-refractivity contribution in [3.63, 3.8) is 0 Å². The number of hydrogen-bond donors (Lipinski definition) is 1. The molecule has 0 saturated carbocycles. The van der Waals surface area contributed by atoms with Crippen molar-refractivity contribution in [1.82, 2.24) is 15.1 Å². The average Bonchev–Trinajstić information content (AvgIpc) is 2.91. The van der Waals surface area contributed by atoms with E-state index in [-0.39, 0.29) is 0 Å². The largest absolute Gasteiger partial charge is 0.349 e. The molecule has 6 heteroatoms. The van der Waals surface area contributed by atoms with Crippen LogP contribution in [0.3, 0.4) is 0 Å². The molecule has 2 heterocycles. The van der Waals surface area contributed by atoms with Crippen LogP contribution in [0.1, 0.15) is 23.1 Å². The Morgan fingerprint density at radius 1 is 0.944 bits per heavy atom. The van der Waals surface area contributed by atoms with Gasteiger partial charge in [0.15, 0.2) is 5.82 Å². The number of nitrogens with zero attached hydrogens (tertiary/aromatic N) is 5. The summed E-state index contributed by atoms with van der Waals surface area (Å²) in [7, 11) is 0. The van der Waals surface area contributed by atoms with Crippen molar-refractivity contribution >= 4 is 22.8 Å². The summed E-state index contributed by atoms with van der Waals surface area (Å²) in [4.78, 5) is 2.02. The van der Waals surface area contributed by atoms with E-state index in [1.807, 2.05) is 53.7 Å². The predicted octanol–water partition coefficient (Wildman–Crippen LogP) is 6.51. The number of anilines is 1. The molecule has 0 aliphatic carbocycles. The molecule has 0 bridgehead atoms. The number of fused-ring (bicyclic) bond motifs is 1. The van der Waals surface area contributed by atoms with Crippen LogP contribution in [-0.4, -0.2) is 21.3 Å². The molecule has 1 N–H and O–H groups in total. The molecule has 5 rings (SSSR count). The fourth-order valence-electron chi connectivity index (χ4n) is 4.26. The first-order valence-corrected chi connectivity index (χ1v) is 11.8. The SMILES string of the molecule is Cc1ccc(-c2nnc(N/N=C/C3=CN(Cc4ccccc4)C=C(C#N)C3)c3ccccc23)cc1C. The van der Waals surface area contributed by atoms with Crippen LogP contribution < -0.4 is 5.43 Å². The topological polar surface area (TPSA) is 77.2 Å². The van der Waals surface area contributed by atoms with Crippen molar-refractivity contribution in [2.45, 2.75) is 26.8 Å². The molecule has 6 nitrogen and oxygen atoms in total. The molecule has 1 aliphatic rings. The number of benzene rings is 3. The molecule has 1 aliphatic heterocycles. The Morgan fingerprint density at radius 2 is 1.72 bits per heavy atom. The van der Waals surface area contributed by atoms with Gasteiger partial charge in [0.1, 0.15) is 5.69 Å². The van der Waals surface area contributed by atoms with E-state index in [4.69, 9.17) is 0 Å². The second-order valence-electron chi connectivity index (χ2n) is 8.92. The van der Waals surface area contributed by atoms with Crippen molar-refractivity contribution in [1.29, 1.82) is 5.26 Å². The van der Waals surface area contributed by atoms with Gasteiger partial charge in [0, 0.05) is 41.7 Å². The third-order valence-electron chi connectivity index (χ3n) is 6.27. The minimum atomic E-state index is 0.533. The maximum Gasteiger partial charge on any atom is 0.176 e. The fraction of sp³-hybridized carbons (Fsp3) is 0.133. The van der Waals surface area contributed by atoms with Crippen LogP contribution in [0.5, 0.6) is 0 Å². The van der Waals surface area contributed by atoms with E-state index < -0.39 is 0 Å². The smallest absolute Gasteiger partial charge is 0.176 e. The zero-order valence-electron chi connectivity index (χ0n) is 20.3. The average molecular weight is 471 g/mol. The summed E-state index contributed by atoms with van der Waals surface area (Å²) >= 11 is 0. The number of nitriles is 1. The molecule has 176 valence electrons. The maximum atomic E-state index is 9.52. The first-order chi connectivity index (χ1) is 17.6. The maximum absolute atomic E-state index is 9.52. The number of hydrogen-bond acceptors (Lipinski definition) is 6. The lowest BCUT2D eigenvalue weighted by atomic mass is 10.0. The number of nitrogens with one attached hydrogen (secondary N) is 1. The lowest BCUT2D eigenvalue weighted by molar-refractivity contribution is 0.487. The van der Waals surface area contributed by atoms with Crippen molar-refractivity contribution in [3.05, 3.63) is 113 Å². The normalized spacial score (nSPS) is 13.4. The molecule has 0 fully saturated rings. The number of rotatable bonds is 6. The summed E-state index contributed by atoms with van der Waals surface area (Å²) in [6.45, 7) is 4.89. The van der Waals surface area contributed by atoms with Crippen LogP contribution in [0, 0.1) is 25.2 Å². The van der Waals surface area contributed by atoms with Crippen LogP contribution in [0.2, 0.25) is 0 Å². The van der Waals surface area contributed by atoms with E-state index in [0.29, 0.717) is 24.4 Å². The second-order valence-corrected chi connectivity index (χ2v) is 8.92. The quantitative estimate of drug-likeness (QED) is 0.257. The molecule has 0 radical (unpaired) electrons. The molecule has 4 aromatic rings. The molecule has 0 amide bonds.